The molecule has 0 aliphatic carbocycles. The van der Waals surface area contributed by atoms with Gasteiger partial charge in [0, 0.05) is 31.1 Å². The molecule has 4 heterocycles. The second-order valence-electron chi connectivity index (χ2n) is 6.25. The Labute approximate surface area is 118 Å². The summed E-state index contributed by atoms with van der Waals surface area (Å²) in [5.74, 6) is 2.08. The number of rotatable bonds is 2. The van der Waals surface area contributed by atoms with E-state index in [0.29, 0.717) is 29.6 Å². The number of nitrogens with zero attached hydrogens (tertiary/aromatic N) is 3. The lowest BCUT2D eigenvalue weighted by Crippen LogP contribution is -2.26. The standard InChI is InChI=1S/C15H19N3O2/c1-8-10(9(2)19)5-16-15(17-8)18-6-11-12(7-18)14-4-3-13(11)20-14/h5,11-14H,3-4,6-7H2,1-2H3. The van der Waals surface area contributed by atoms with Gasteiger partial charge in [0.15, 0.2) is 5.78 Å². The lowest BCUT2D eigenvalue weighted by atomic mass is 9.82. The van der Waals surface area contributed by atoms with E-state index in [9.17, 15) is 4.79 Å². The maximum atomic E-state index is 11.4. The maximum Gasteiger partial charge on any atom is 0.225 e. The molecule has 1 aromatic rings. The van der Waals surface area contributed by atoms with Crippen molar-refractivity contribution in [2.24, 2.45) is 11.8 Å². The Morgan fingerprint density at radius 3 is 2.50 bits per heavy atom. The largest absolute Gasteiger partial charge is 0.374 e. The molecule has 2 bridgehead atoms. The summed E-state index contributed by atoms with van der Waals surface area (Å²) in [4.78, 5) is 22.6. The van der Waals surface area contributed by atoms with E-state index in [-0.39, 0.29) is 5.78 Å². The summed E-state index contributed by atoms with van der Waals surface area (Å²) in [6.07, 6.45) is 4.99. The van der Waals surface area contributed by atoms with E-state index in [0.717, 1.165) is 24.7 Å². The molecule has 0 saturated carbocycles. The van der Waals surface area contributed by atoms with Crippen molar-refractivity contribution in [2.75, 3.05) is 18.0 Å². The normalized spacial score (nSPS) is 34.6. The fourth-order valence-electron chi connectivity index (χ4n) is 4.08. The second-order valence-corrected chi connectivity index (χ2v) is 6.25. The van der Waals surface area contributed by atoms with Crippen LogP contribution in [0.25, 0.3) is 0 Å². The lowest BCUT2D eigenvalue weighted by molar-refractivity contribution is 0.0849. The fourth-order valence-corrected chi connectivity index (χ4v) is 4.08. The molecular formula is C15H19N3O2. The van der Waals surface area contributed by atoms with Crippen molar-refractivity contribution < 1.29 is 9.53 Å². The van der Waals surface area contributed by atoms with Crippen LogP contribution in [0.4, 0.5) is 5.95 Å². The van der Waals surface area contributed by atoms with Crippen molar-refractivity contribution in [3.05, 3.63) is 17.5 Å². The fraction of sp³-hybridized carbons (Fsp3) is 0.667. The highest BCUT2D eigenvalue weighted by Gasteiger charge is 2.53. The number of ketones is 1. The van der Waals surface area contributed by atoms with Crippen LogP contribution in [0.5, 0.6) is 0 Å². The SMILES string of the molecule is CC(=O)c1cnc(N2CC3C4CCC(O4)C3C2)nc1C. The topological polar surface area (TPSA) is 55.3 Å². The minimum absolute atomic E-state index is 0.0267. The Morgan fingerprint density at radius 2 is 1.95 bits per heavy atom. The van der Waals surface area contributed by atoms with Gasteiger partial charge in [-0.25, -0.2) is 9.97 Å². The van der Waals surface area contributed by atoms with Gasteiger partial charge >= 0.3 is 0 Å². The Balaban J connectivity index is 1.58. The number of ether oxygens (including phenoxy) is 1. The molecule has 106 valence electrons. The first-order valence-corrected chi connectivity index (χ1v) is 7.38. The molecule has 3 aliphatic rings. The molecule has 4 atom stereocenters. The van der Waals surface area contributed by atoms with Crippen LogP contribution >= 0.6 is 0 Å². The zero-order valence-electron chi connectivity index (χ0n) is 11.9. The summed E-state index contributed by atoms with van der Waals surface area (Å²) in [5.41, 5.74) is 1.40. The van der Waals surface area contributed by atoms with Crippen molar-refractivity contribution in [3.8, 4) is 0 Å². The maximum absolute atomic E-state index is 11.4. The van der Waals surface area contributed by atoms with E-state index in [1.54, 1.807) is 13.1 Å². The smallest absolute Gasteiger partial charge is 0.225 e. The third-order valence-corrected chi connectivity index (χ3v) is 5.08. The van der Waals surface area contributed by atoms with E-state index in [1.165, 1.54) is 12.8 Å². The summed E-state index contributed by atoms with van der Waals surface area (Å²) in [5, 5.41) is 0. The van der Waals surface area contributed by atoms with E-state index < -0.39 is 0 Å². The Morgan fingerprint density at radius 1 is 1.30 bits per heavy atom. The molecule has 3 aliphatic heterocycles. The summed E-state index contributed by atoms with van der Waals surface area (Å²) >= 11 is 0. The van der Waals surface area contributed by atoms with Gasteiger partial charge in [0.05, 0.1) is 23.5 Å². The van der Waals surface area contributed by atoms with Crippen molar-refractivity contribution in [3.63, 3.8) is 0 Å². The molecule has 3 fully saturated rings. The molecule has 0 amide bonds. The number of carbonyl (C=O) groups excluding carboxylic acids is 1. The van der Waals surface area contributed by atoms with Crippen LogP contribution in [-0.2, 0) is 4.74 Å². The van der Waals surface area contributed by atoms with Gasteiger partial charge in [0.1, 0.15) is 0 Å². The highest BCUT2D eigenvalue weighted by molar-refractivity contribution is 5.94. The monoisotopic (exact) mass is 273 g/mol. The van der Waals surface area contributed by atoms with Gasteiger partial charge in [-0.15, -0.1) is 0 Å². The van der Waals surface area contributed by atoms with Crippen molar-refractivity contribution in [1.82, 2.24) is 9.97 Å². The van der Waals surface area contributed by atoms with Gasteiger partial charge in [-0.2, -0.15) is 0 Å². The zero-order chi connectivity index (χ0) is 13.9. The van der Waals surface area contributed by atoms with E-state index in [4.69, 9.17) is 4.74 Å². The van der Waals surface area contributed by atoms with Crippen molar-refractivity contribution in [2.45, 2.75) is 38.9 Å². The minimum atomic E-state index is 0.0267. The molecule has 5 heteroatoms. The Bertz CT molecular complexity index is 556. The number of anilines is 1. The van der Waals surface area contributed by atoms with Crippen LogP contribution in [0.1, 0.15) is 35.8 Å². The van der Waals surface area contributed by atoms with Crippen molar-refractivity contribution >= 4 is 11.7 Å². The molecule has 0 spiro atoms. The average molecular weight is 273 g/mol. The van der Waals surface area contributed by atoms with E-state index >= 15 is 0 Å². The quantitative estimate of drug-likeness (QED) is 0.766. The van der Waals surface area contributed by atoms with Crippen LogP contribution in [0.2, 0.25) is 0 Å². The van der Waals surface area contributed by atoms with Crippen LogP contribution < -0.4 is 4.90 Å². The molecule has 4 unspecified atom stereocenters. The molecule has 5 nitrogen and oxygen atoms in total. The molecule has 0 aromatic carbocycles. The second kappa shape index (κ2) is 4.25. The zero-order valence-corrected chi connectivity index (χ0v) is 11.9. The first-order chi connectivity index (χ1) is 9.63. The van der Waals surface area contributed by atoms with Gasteiger partial charge in [-0.1, -0.05) is 0 Å². The molecule has 20 heavy (non-hydrogen) atoms. The molecule has 0 radical (unpaired) electrons. The number of hydrogen-bond acceptors (Lipinski definition) is 5. The molecule has 0 N–H and O–H groups in total. The summed E-state index contributed by atoms with van der Waals surface area (Å²) in [7, 11) is 0. The molecular weight excluding hydrogens is 254 g/mol. The lowest BCUT2D eigenvalue weighted by Gasteiger charge is -2.19. The van der Waals surface area contributed by atoms with Crippen molar-refractivity contribution in [1.29, 1.82) is 0 Å². The number of Topliss-reactive ketones (excluding diaryl/α,β-unsaturated/α-hetero) is 1. The number of aromatic nitrogens is 2. The van der Waals surface area contributed by atoms with Gasteiger partial charge < -0.3 is 9.64 Å². The number of hydrogen-bond donors (Lipinski definition) is 0. The van der Waals surface area contributed by atoms with E-state index in [1.807, 2.05) is 6.92 Å². The van der Waals surface area contributed by atoms with Crippen LogP contribution in [0.3, 0.4) is 0 Å². The third-order valence-electron chi connectivity index (χ3n) is 5.08. The van der Waals surface area contributed by atoms with E-state index in [2.05, 4.69) is 14.9 Å². The van der Waals surface area contributed by atoms with Gasteiger partial charge in [0.2, 0.25) is 5.95 Å². The van der Waals surface area contributed by atoms with Gasteiger partial charge in [0.25, 0.3) is 0 Å². The first kappa shape index (κ1) is 12.3. The summed E-state index contributed by atoms with van der Waals surface area (Å²) < 4.78 is 5.99. The third kappa shape index (κ3) is 1.69. The van der Waals surface area contributed by atoms with Gasteiger partial charge in [-0.3, -0.25) is 4.79 Å². The Hall–Kier alpha value is -1.49. The minimum Gasteiger partial charge on any atom is -0.374 e. The van der Waals surface area contributed by atoms with Gasteiger partial charge in [-0.05, 0) is 26.7 Å². The molecule has 3 saturated heterocycles. The Kier molecular flexibility index (Phi) is 2.61. The van der Waals surface area contributed by atoms with Crippen LogP contribution in [-0.4, -0.2) is 41.0 Å². The number of carbonyl (C=O) groups is 1. The first-order valence-electron chi connectivity index (χ1n) is 7.38. The molecule has 4 rings (SSSR count). The molecule has 1 aromatic heterocycles. The predicted octanol–water partition coefficient (Wildman–Crippen LogP) is 1.60. The summed E-state index contributed by atoms with van der Waals surface area (Å²) in [6, 6.07) is 0. The number of aryl methyl sites for hydroxylation is 1. The average Bonchev–Trinajstić information content (AvgIpc) is 3.10. The predicted molar refractivity (Wildman–Crippen MR) is 73.9 cm³/mol. The van der Waals surface area contributed by atoms with Crippen LogP contribution in [0.15, 0.2) is 6.20 Å². The number of fused-ring (bicyclic) bond motifs is 5. The highest BCUT2D eigenvalue weighted by Crippen LogP contribution is 2.47. The van der Waals surface area contributed by atoms with Crippen LogP contribution in [0, 0.1) is 18.8 Å². The summed E-state index contributed by atoms with van der Waals surface area (Å²) in [6.45, 7) is 5.42. The highest BCUT2D eigenvalue weighted by atomic mass is 16.5.